The number of anilines is 1. The summed E-state index contributed by atoms with van der Waals surface area (Å²) in [4.78, 5) is 26.1. The predicted octanol–water partition coefficient (Wildman–Crippen LogP) is 1.76. The summed E-state index contributed by atoms with van der Waals surface area (Å²) in [6, 6.07) is 4.98. The Balaban J connectivity index is 2.71. The molecule has 2 aromatic rings. The molecule has 0 bridgehead atoms. The van der Waals surface area contributed by atoms with E-state index in [1.54, 1.807) is 13.0 Å². The maximum atomic E-state index is 12.1. The van der Waals surface area contributed by atoms with Crippen molar-refractivity contribution in [1.82, 2.24) is 4.98 Å². The lowest BCUT2D eigenvalue weighted by molar-refractivity contribution is -0.114. The molecule has 102 valence electrons. The number of pyridine rings is 1. The van der Waals surface area contributed by atoms with Crippen molar-refractivity contribution in [1.29, 1.82) is 5.26 Å². The Bertz CT molecular complexity index is 772. The minimum Gasteiger partial charge on any atom is -0.492 e. The Hall–Kier alpha value is -2.81. The molecule has 0 atom stereocenters. The van der Waals surface area contributed by atoms with Gasteiger partial charge in [-0.1, -0.05) is 0 Å². The molecule has 0 aliphatic heterocycles. The maximum Gasteiger partial charge on any atom is 0.221 e. The predicted molar refractivity (Wildman–Crippen MR) is 74.8 cm³/mol. The van der Waals surface area contributed by atoms with Crippen LogP contribution in [0.1, 0.15) is 19.4 Å². The second-order valence-electron chi connectivity index (χ2n) is 4.15. The van der Waals surface area contributed by atoms with Gasteiger partial charge in [-0.2, -0.15) is 5.26 Å². The van der Waals surface area contributed by atoms with Gasteiger partial charge in [-0.05, 0) is 19.1 Å². The summed E-state index contributed by atoms with van der Waals surface area (Å²) in [5.74, 6) is 0.164. The molecule has 0 unspecified atom stereocenters. The van der Waals surface area contributed by atoms with Gasteiger partial charge >= 0.3 is 0 Å². The second kappa shape index (κ2) is 5.45. The molecule has 0 saturated heterocycles. The highest BCUT2D eigenvalue weighted by molar-refractivity contribution is 5.95. The molecule has 0 spiro atoms. The molecular formula is C14H13N3O3. The molecule has 6 heteroatoms. The average molecular weight is 271 g/mol. The topological polar surface area (TPSA) is 95.0 Å². The van der Waals surface area contributed by atoms with Crippen molar-refractivity contribution in [3.05, 3.63) is 34.1 Å². The van der Waals surface area contributed by atoms with E-state index < -0.39 is 0 Å². The number of ether oxygens (including phenoxy) is 1. The van der Waals surface area contributed by atoms with Crippen molar-refractivity contribution >= 4 is 22.5 Å². The zero-order valence-electron chi connectivity index (χ0n) is 11.1. The largest absolute Gasteiger partial charge is 0.492 e. The number of aromatic amines is 1. The highest BCUT2D eigenvalue weighted by atomic mass is 16.5. The first-order chi connectivity index (χ1) is 9.56. The van der Waals surface area contributed by atoms with Gasteiger partial charge in [0, 0.05) is 13.1 Å². The van der Waals surface area contributed by atoms with Gasteiger partial charge in [0.1, 0.15) is 17.4 Å². The number of fused-ring (bicyclic) bond motifs is 1. The number of rotatable bonds is 3. The van der Waals surface area contributed by atoms with Gasteiger partial charge in [-0.25, -0.2) is 0 Å². The summed E-state index contributed by atoms with van der Waals surface area (Å²) in [6.07, 6.45) is 1.35. The number of aromatic nitrogens is 1. The second-order valence-corrected chi connectivity index (χ2v) is 4.15. The lowest BCUT2D eigenvalue weighted by Gasteiger charge is -2.12. The molecule has 2 rings (SSSR count). The van der Waals surface area contributed by atoms with Crippen molar-refractivity contribution in [3.63, 3.8) is 0 Å². The van der Waals surface area contributed by atoms with Crippen LogP contribution in [0.25, 0.3) is 10.9 Å². The van der Waals surface area contributed by atoms with Crippen LogP contribution in [0.5, 0.6) is 5.75 Å². The van der Waals surface area contributed by atoms with Crippen LogP contribution in [-0.4, -0.2) is 17.5 Å². The fourth-order valence-corrected chi connectivity index (χ4v) is 1.89. The Morgan fingerprint density at radius 1 is 1.50 bits per heavy atom. The zero-order chi connectivity index (χ0) is 14.7. The van der Waals surface area contributed by atoms with Crippen LogP contribution in [0.15, 0.2) is 23.1 Å². The first-order valence-corrected chi connectivity index (χ1v) is 6.06. The first-order valence-electron chi connectivity index (χ1n) is 6.06. The molecule has 2 N–H and O–H groups in total. The summed E-state index contributed by atoms with van der Waals surface area (Å²) in [5.41, 5.74) is 0.678. The molecule has 0 radical (unpaired) electrons. The number of H-pyrrole nitrogens is 1. The summed E-state index contributed by atoms with van der Waals surface area (Å²) >= 11 is 0. The Kier molecular flexibility index (Phi) is 3.71. The van der Waals surface area contributed by atoms with Gasteiger partial charge in [0.05, 0.1) is 23.2 Å². The first kappa shape index (κ1) is 13.6. The molecule has 20 heavy (non-hydrogen) atoms. The van der Waals surface area contributed by atoms with Crippen molar-refractivity contribution < 1.29 is 9.53 Å². The van der Waals surface area contributed by atoms with Gasteiger partial charge < -0.3 is 15.0 Å². The number of hydrogen-bond acceptors (Lipinski definition) is 4. The van der Waals surface area contributed by atoms with Crippen LogP contribution >= 0.6 is 0 Å². The number of nitriles is 1. The van der Waals surface area contributed by atoms with Crippen molar-refractivity contribution in [2.24, 2.45) is 0 Å². The van der Waals surface area contributed by atoms with Gasteiger partial charge in [-0.3, -0.25) is 9.59 Å². The van der Waals surface area contributed by atoms with Crippen LogP contribution in [0.2, 0.25) is 0 Å². The lowest BCUT2D eigenvalue weighted by Crippen LogP contribution is -2.11. The number of amides is 1. The molecule has 6 nitrogen and oxygen atoms in total. The van der Waals surface area contributed by atoms with Crippen molar-refractivity contribution in [2.45, 2.75) is 13.8 Å². The number of carbonyl (C=O) groups excluding carboxylic acids is 1. The van der Waals surface area contributed by atoms with Crippen LogP contribution in [0.3, 0.4) is 0 Å². The summed E-state index contributed by atoms with van der Waals surface area (Å²) < 4.78 is 5.42. The molecule has 0 aliphatic rings. The van der Waals surface area contributed by atoms with E-state index in [4.69, 9.17) is 10.00 Å². The van der Waals surface area contributed by atoms with E-state index in [0.29, 0.717) is 28.9 Å². The molecule has 1 aromatic heterocycles. The monoisotopic (exact) mass is 271 g/mol. The smallest absolute Gasteiger partial charge is 0.221 e. The van der Waals surface area contributed by atoms with E-state index >= 15 is 0 Å². The van der Waals surface area contributed by atoms with Crippen molar-refractivity contribution in [2.75, 3.05) is 11.9 Å². The van der Waals surface area contributed by atoms with Crippen LogP contribution < -0.4 is 15.5 Å². The average Bonchev–Trinajstić information content (AvgIpc) is 2.40. The Morgan fingerprint density at radius 2 is 2.25 bits per heavy atom. The standard InChI is InChI=1S/C14H13N3O3/c1-3-20-13-4-10-11(5-12(13)17-8(2)18)16-7-9(6-15)14(10)19/h4-5,7H,3H2,1-2H3,(H,16,19)(H,17,18). The van der Waals surface area contributed by atoms with Crippen molar-refractivity contribution in [3.8, 4) is 11.8 Å². The highest BCUT2D eigenvalue weighted by Crippen LogP contribution is 2.28. The van der Waals surface area contributed by atoms with Gasteiger partial charge in [0.25, 0.3) is 0 Å². The lowest BCUT2D eigenvalue weighted by atomic mass is 10.1. The van der Waals surface area contributed by atoms with Crippen LogP contribution in [0, 0.1) is 11.3 Å². The fourth-order valence-electron chi connectivity index (χ4n) is 1.89. The molecule has 1 amide bonds. The minimum atomic E-state index is -0.364. The molecule has 1 aromatic carbocycles. The molecule has 1 heterocycles. The summed E-state index contributed by atoms with van der Waals surface area (Å²) in [6.45, 7) is 3.59. The van der Waals surface area contributed by atoms with E-state index in [2.05, 4.69) is 10.3 Å². The summed E-state index contributed by atoms with van der Waals surface area (Å²) in [7, 11) is 0. The Morgan fingerprint density at radius 3 is 2.85 bits per heavy atom. The number of carbonyl (C=O) groups is 1. The van der Waals surface area contributed by atoms with Gasteiger partial charge in [-0.15, -0.1) is 0 Å². The molecule has 0 aliphatic carbocycles. The fraction of sp³-hybridized carbons (Fsp3) is 0.214. The quantitative estimate of drug-likeness (QED) is 0.889. The van der Waals surface area contributed by atoms with E-state index in [1.807, 2.05) is 6.07 Å². The third-order valence-electron chi connectivity index (χ3n) is 2.71. The van der Waals surface area contributed by atoms with E-state index in [0.717, 1.165) is 0 Å². The number of benzene rings is 1. The summed E-state index contributed by atoms with van der Waals surface area (Å²) in [5, 5.41) is 11.9. The van der Waals surface area contributed by atoms with E-state index in [9.17, 15) is 9.59 Å². The van der Waals surface area contributed by atoms with Crippen LogP contribution in [-0.2, 0) is 4.79 Å². The zero-order valence-corrected chi connectivity index (χ0v) is 11.1. The van der Waals surface area contributed by atoms with E-state index in [-0.39, 0.29) is 16.9 Å². The van der Waals surface area contributed by atoms with E-state index in [1.165, 1.54) is 19.2 Å². The molecular weight excluding hydrogens is 258 g/mol. The minimum absolute atomic E-state index is 0.0345. The van der Waals surface area contributed by atoms with Crippen LogP contribution in [0.4, 0.5) is 5.69 Å². The Labute approximate surface area is 115 Å². The molecule has 0 fully saturated rings. The maximum absolute atomic E-state index is 12.1. The normalized spacial score (nSPS) is 10.1. The highest BCUT2D eigenvalue weighted by Gasteiger charge is 2.11. The number of nitrogens with zero attached hydrogens (tertiary/aromatic N) is 1. The number of hydrogen-bond donors (Lipinski definition) is 2. The van der Waals surface area contributed by atoms with Gasteiger partial charge in [0.15, 0.2) is 0 Å². The third-order valence-corrected chi connectivity index (χ3v) is 2.71. The van der Waals surface area contributed by atoms with Gasteiger partial charge in [0.2, 0.25) is 11.3 Å². The third kappa shape index (κ3) is 2.47. The molecule has 0 saturated carbocycles. The SMILES string of the molecule is CCOc1cc2c(=O)c(C#N)c[nH]c2cc1NC(C)=O. The number of nitrogens with one attached hydrogen (secondary N) is 2.